The average Bonchev–Trinajstić information content (AvgIpc) is 3.17. The maximum absolute atomic E-state index is 14.2. The number of para-hydroxylation sites is 1. The smallest absolute Gasteiger partial charge is 0.257 e. The van der Waals surface area contributed by atoms with Crippen molar-refractivity contribution < 1.29 is 14.0 Å². The lowest BCUT2D eigenvalue weighted by atomic mass is 9.92. The number of rotatable bonds is 7. The Labute approximate surface area is 194 Å². The van der Waals surface area contributed by atoms with E-state index in [2.05, 4.69) is 5.32 Å². The van der Waals surface area contributed by atoms with Gasteiger partial charge in [0, 0.05) is 18.0 Å². The summed E-state index contributed by atoms with van der Waals surface area (Å²) < 4.78 is 15.9. The van der Waals surface area contributed by atoms with Crippen LogP contribution in [0.3, 0.4) is 0 Å². The topological polar surface area (TPSA) is 67.2 Å². The van der Waals surface area contributed by atoms with Crippen molar-refractivity contribution in [2.24, 2.45) is 5.92 Å². The number of aromatic nitrogens is 2. The van der Waals surface area contributed by atoms with Crippen LogP contribution in [0.25, 0.3) is 5.69 Å². The van der Waals surface area contributed by atoms with Crippen molar-refractivity contribution in [1.82, 2.24) is 14.7 Å². The van der Waals surface area contributed by atoms with Crippen LogP contribution in [-0.4, -0.2) is 39.6 Å². The van der Waals surface area contributed by atoms with Crippen LogP contribution >= 0.6 is 0 Å². The van der Waals surface area contributed by atoms with Crippen molar-refractivity contribution in [3.05, 3.63) is 77.7 Å². The zero-order valence-electron chi connectivity index (χ0n) is 19.8. The fourth-order valence-corrected chi connectivity index (χ4v) is 3.42. The Morgan fingerprint density at radius 2 is 1.70 bits per heavy atom. The fraction of sp³-hybridized carbons (Fsp3) is 0.346. The molecule has 0 aliphatic heterocycles. The third-order valence-electron chi connectivity index (χ3n) is 5.06. The summed E-state index contributed by atoms with van der Waals surface area (Å²) in [6.45, 7) is 10.2. The first-order valence-electron chi connectivity index (χ1n) is 11.1. The van der Waals surface area contributed by atoms with E-state index in [-0.39, 0.29) is 29.3 Å². The van der Waals surface area contributed by atoms with Crippen LogP contribution < -0.4 is 5.32 Å². The lowest BCUT2D eigenvalue weighted by Crippen LogP contribution is -2.40. The molecule has 1 heterocycles. The first-order valence-corrected chi connectivity index (χ1v) is 11.1. The van der Waals surface area contributed by atoms with Crippen molar-refractivity contribution in [2.75, 3.05) is 18.4 Å². The largest absolute Gasteiger partial charge is 0.329 e. The molecular weight excluding hydrogens is 419 g/mol. The number of nitrogens with zero attached hydrogens (tertiary/aromatic N) is 3. The Balaban J connectivity index is 1.86. The number of hydrogen-bond donors (Lipinski definition) is 1. The average molecular weight is 451 g/mol. The SMILES string of the molecule is CC(C)CN(CC(=O)Nc1cc(C(C)(C)C)nn1-c1ccccc1)C(=O)c1ccccc1F. The number of benzene rings is 2. The number of carbonyl (C=O) groups is 2. The summed E-state index contributed by atoms with van der Waals surface area (Å²) in [6, 6.07) is 17.2. The third kappa shape index (κ3) is 6.06. The highest BCUT2D eigenvalue weighted by molar-refractivity contribution is 5.99. The van der Waals surface area contributed by atoms with Crippen LogP contribution in [0.15, 0.2) is 60.7 Å². The summed E-state index contributed by atoms with van der Waals surface area (Å²) >= 11 is 0. The number of hydrogen-bond acceptors (Lipinski definition) is 3. The van der Waals surface area contributed by atoms with E-state index in [0.717, 1.165) is 11.4 Å². The molecule has 33 heavy (non-hydrogen) atoms. The molecule has 1 N–H and O–H groups in total. The van der Waals surface area contributed by atoms with E-state index in [0.29, 0.717) is 12.4 Å². The van der Waals surface area contributed by atoms with Crippen molar-refractivity contribution in [3.8, 4) is 5.69 Å². The maximum atomic E-state index is 14.2. The van der Waals surface area contributed by atoms with Gasteiger partial charge in [-0.15, -0.1) is 0 Å². The maximum Gasteiger partial charge on any atom is 0.257 e. The molecule has 2 amide bonds. The normalized spacial score (nSPS) is 11.5. The van der Waals surface area contributed by atoms with E-state index < -0.39 is 11.7 Å². The zero-order chi connectivity index (χ0) is 24.2. The van der Waals surface area contributed by atoms with Gasteiger partial charge in [0.05, 0.1) is 16.9 Å². The van der Waals surface area contributed by atoms with E-state index in [1.807, 2.05) is 71.0 Å². The van der Waals surface area contributed by atoms with E-state index in [1.54, 1.807) is 10.7 Å². The third-order valence-corrected chi connectivity index (χ3v) is 5.06. The molecule has 3 rings (SSSR count). The van der Waals surface area contributed by atoms with Crippen LogP contribution in [-0.2, 0) is 10.2 Å². The molecule has 6 nitrogen and oxygen atoms in total. The van der Waals surface area contributed by atoms with Gasteiger partial charge < -0.3 is 10.2 Å². The predicted octanol–water partition coefficient (Wildman–Crippen LogP) is 5.05. The van der Waals surface area contributed by atoms with Crippen LogP contribution in [0, 0.1) is 11.7 Å². The first-order chi connectivity index (χ1) is 15.6. The van der Waals surface area contributed by atoms with Crippen molar-refractivity contribution in [2.45, 2.75) is 40.0 Å². The molecular formula is C26H31FN4O2. The molecule has 0 radical (unpaired) electrons. The minimum absolute atomic E-state index is 0.0460. The number of anilines is 1. The Bertz CT molecular complexity index is 1120. The van der Waals surface area contributed by atoms with Crippen molar-refractivity contribution in [3.63, 3.8) is 0 Å². The van der Waals surface area contributed by atoms with Gasteiger partial charge in [-0.1, -0.05) is 65.0 Å². The second-order valence-corrected chi connectivity index (χ2v) is 9.52. The highest BCUT2D eigenvalue weighted by atomic mass is 19.1. The van der Waals surface area contributed by atoms with Crippen LogP contribution in [0.2, 0.25) is 0 Å². The molecule has 2 aromatic carbocycles. The Morgan fingerprint density at radius 1 is 1.06 bits per heavy atom. The Hall–Kier alpha value is -3.48. The highest BCUT2D eigenvalue weighted by Crippen LogP contribution is 2.26. The zero-order valence-corrected chi connectivity index (χ0v) is 19.8. The van der Waals surface area contributed by atoms with Crippen LogP contribution in [0.5, 0.6) is 0 Å². The standard InChI is InChI=1S/C26H31FN4O2/c1-18(2)16-30(25(33)20-13-9-10-14-21(20)27)17-24(32)28-23-15-22(26(3,4)5)29-31(23)19-11-7-6-8-12-19/h6-15,18H,16-17H2,1-5H3,(H,28,32). The molecule has 1 aromatic heterocycles. The van der Waals surface area contributed by atoms with E-state index in [9.17, 15) is 14.0 Å². The summed E-state index contributed by atoms with van der Waals surface area (Å²) in [5, 5.41) is 7.60. The number of halogens is 1. The second kappa shape index (κ2) is 9.98. The number of amides is 2. The van der Waals surface area contributed by atoms with Gasteiger partial charge in [-0.25, -0.2) is 9.07 Å². The van der Waals surface area contributed by atoms with Gasteiger partial charge >= 0.3 is 0 Å². The summed E-state index contributed by atoms with van der Waals surface area (Å²) in [4.78, 5) is 27.4. The molecule has 0 aliphatic carbocycles. The molecule has 174 valence electrons. The molecule has 0 aliphatic rings. The first kappa shape index (κ1) is 24.2. The lowest BCUT2D eigenvalue weighted by Gasteiger charge is -2.24. The molecule has 0 saturated heterocycles. The molecule has 0 atom stereocenters. The summed E-state index contributed by atoms with van der Waals surface area (Å²) in [7, 11) is 0. The quantitative estimate of drug-likeness (QED) is 0.548. The molecule has 0 spiro atoms. The molecule has 3 aromatic rings. The predicted molar refractivity (Wildman–Crippen MR) is 128 cm³/mol. The van der Waals surface area contributed by atoms with E-state index >= 15 is 0 Å². The lowest BCUT2D eigenvalue weighted by molar-refractivity contribution is -0.117. The molecule has 7 heteroatoms. The van der Waals surface area contributed by atoms with Gasteiger partial charge in [-0.3, -0.25) is 9.59 Å². The van der Waals surface area contributed by atoms with Gasteiger partial charge in [0.25, 0.3) is 5.91 Å². The molecule has 0 bridgehead atoms. The van der Waals surface area contributed by atoms with Crippen LogP contribution in [0.1, 0.15) is 50.7 Å². The van der Waals surface area contributed by atoms with Crippen LogP contribution in [0.4, 0.5) is 10.2 Å². The Morgan fingerprint density at radius 3 is 2.30 bits per heavy atom. The minimum Gasteiger partial charge on any atom is -0.329 e. The van der Waals surface area contributed by atoms with E-state index in [4.69, 9.17) is 5.10 Å². The minimum atomic E-state index is -0.603. The molecule has 0 unspecified atom stereocenters. The van der Waals surface area contributed by atoms with Gasteiger partial charge in [0.1, 0.15) is 18.2 Å². The molecule has 0 fully saturated rings. The summed E-state index contributed by atoms with van der Waals surface area (Å²) in [5.74, 6) is -0.870. The number of carbonyl (C=O) groups excluding carboxylic acids is 2. The summed E-state index contributed by atoms with van der Waals surface area (Å²) in [5.41, 5.74) is 1.37. The van der Waals surface area contributed by atoms with Crippen molar-refractivity contribution >= 4 is 17.6 Å². The highest BCUT2D eigenvalue weighted by Gasteiger charge is 2.25. The van der Waals surface area contributed by atoms with E-state index in [1.165, 1.54) is 23.1 Å². The van der Waals surface area contributed by atoms with Gasteiger partial charge in [0.2, 0.25) is 5.91 Å². The number of nitrogens with one attached hydrogen (secondary N) is 1. The van der Waals surface area contributed by atoms with Gasteiger partial charge in [0.15, 0.2) is 0 Å². The van der Waals surface area contributed by atoms with Crippen molar-refractivity contribution in [1.29, 1.82) is 0 Å². The molecule has 0 saturated carbocycles. The Kier molecular flexibility index (Phi) is 7.31. The summed E-state index contributed by atoms with van der Waals surface area (Å²) in [6.07, 6.45) is 0. The van der Waals surface area contributed by atoms with Gasteiger partial charge in [-0.05, 0) is 30.2 Å². The van der Waals surface area contributed by atoms with Gasteiger partial charge in [-0.2, -0.15) is 5.10 Å². The monoisotopic (exact) mass is 450 g/mol. The fourth-order valence-electron chi connectivity index (χ4n) is 3.42. The second-order valence-electron chi connectivity index (χ2n) is 9.52.